The van der Waals surface area contributed by atoms with Gasteiger partial charge in [-0.1, -0.05) is 12.8 Å². The third-order valence-corrected chi connectivity index (χ3v) is 7.97. The van der Waals surface area contributed by atoms with Crippen LogP contribution in [0, 0.1) is 13.8 Å². The molecule has 2 aliphatic rings. The molecule has 4 heterocycles. The van der Waals surface area contributed by atoms with Gasteiger partial charge in [0.2, 0.25) is 5.16 Å². The molecule has 0 bridgehead atoms. The third-order valence-electron chi connectivity index (χ3n) is 5.93. The fourth-order valence-corrected chi connectivity index (χ4v) is 6.40. The van der Waals surface area contributed by atoms with Crippen molar-refractivity contribution in [1.82, 2.24) is 35.1 Å². The van der Waals surface area contributed by atoms with Crippen LogP contribution in [0.1, 0.15) is 60.8 Å². The van der Waals surface area contributed by atoms with Gasteiger partial charge in [0, 0.05) is 10.3 Å². The maximum absolute atomic E-state index is 4.99. The number of tetrazole rings is 1. The highest BCUT2D eigenvalue weighted by molar-refractivity contribution is 7.99. The summed E-state index contributed by atoms with van der Waals surface area (Å²) in [5.41, 5.74) is 1.27. The van der Waals surface area contributed by atoms with E-state index in [1.165, 1.54) is 41.5 Å². The summed E-state index contributed by atoms with van der Waals surface area (Å²) in [5.74, 6) is 0.915. The van der Waals surface area contributed by atoms with Gasteiger partial charge in [-0.05, 0) is 80.4 Å². The van der Waals surface area contributed by atoms with Gasteiger partial charge in [0.25, 0.3) is 0 Å². The van der Waals surface area contributed by atoms with E-state index in [0.29, 0.717) is 6.04 Å². The van der Waals surface area contributed by atoms with Gasteiger partial charge >= 0.3 is 0 Å². The van der Waals surface area contributed by atoms with Gasteiger partial charge in [0.15, 0.2) is 0 Å². The Hall–Kier alpha value is -1.58. The monoisotopic (exact) mass is 415 g/mol. The van der Waals surface area contributed by atoms with Gasteiger partial charge in [0.1, 0.15) is 15.7 Å². The van der Waals surface area contributed by atoms with E-state index in [1.807, 2.05) is 4.68 Å². The molecule has 1 aliphatic heterocycles. The Bertz CT molecular complexity index is 984. The van der Waals surface area contributed by atoms with Crippen molar-refractivity contribution in [3.63, 3.8) is 0 Å². The van der Waals surface area contributed by atoms with Gasteiger partial charge in [-0.3, -0.25) is 4.90 Å². The molecule has 0 unspecified atom stereocenters. The topological polar surface area (TPSA) is 72.6 Å². The molecule has 0 spiro atoms. The largest absolute Gasteiger partial charge is 0.296 e. The van der Waals surface area contributed by atoms with Crippen LogP contribution >= 0.6 is 23.1 Å². The summed E-state index contributed by atoms with van der Waals surface area (Å²) < 4.78 is 2.01. The highest BCUT2D eigenvalue weighted by Crippen LogP contribution is 2.39. The minimum absolute atomic E-state index is 0.421. The van der Waals surface area contributed by atoms with E-state index in [4.69, 9.17) is 9.97 Å². The van der Waals surface area contributed by atoms with Crippen LogP contribution < -0.4 is 0 Å². The second-order valence-electron chi connectivity index (χ2n) is 7.84. The minimum Gasteiger partial charge on any atom is -0.296 e. The smallest absolute Gasteiger partial charge is 0.215 e. The number of likely N-dealkylation sites (tertiary alicyclic amines) is 1. The van der Waals surface area contributed by atoms with Crippen LogP contribution in [0.25, 0.3) is 10.2 Å². The number of aromatic nitrogens is 6. The molecular weight excluding hydrogens is 390 g/mol. The summed E-state index contributed by atoms with van der Waals surface area (Å²) in [4.78, 5) is 14.7. The maximum atomic E-state index is 4.99. The quantitative estimate of drug-likeness (QED) is 0.579. The molecule has 7 nitrogen and oxygen atoms in total. The van der Waals surface area contributed by atoms with Crippen molar-refractivity contribution in [2.45, 2.75) is 75.1 Å². The molecular formula is C19H25N7S2. The van der Waals surface area contributed by atoms with E-state index in [2.05, 4.69) is 34.3 Å². The van der Waals surface area contributed by atoms with E-state index in [0.717, 1.165) is 53.3 Å². The molecule has 1 saturated heterocycles. The van der Waals surface area contributed by atoms with Crippen LogP contribution in [0.4, 0.5) is 0 Å². The van der Waals surface area contributed by atoms with Crippen LogP contribution in [0.5, 0.6) is 0 Å². The lowest BCUT2D eigenvalue weighted by atomic mass is 10.2. The minimum atomic E-state index is 0.421. The Kier molecular flexibility index (Phi) is 5.06. The molecule has 148 valence electrons. The molecule has 3 aromatic rings. The first kappa shape index (κ1) is 18.4. The molecule has 0 N–H and O–H groups in total. The molecule has 0 atom stereocenters. The lowest BCUT2D eigenvalue weighted by molar-refractivity contribution is 0.322. The van der Waals surface area contributed by atoms with Crippen LogP contribution in [-0.4, -0.2) is 48.2 Å². The molecule has 1 saturated carbocycles. The Morgan fingerprint density at radius 3 is 2.64 bits per heavy atom. The van der Waals surface area contributed by atoms with Crippen molar-refractivity contribution in [3.05, 3.63) is 16.3 Å². The molecule has 3 aromatic heterocycles. The number of fused-ring (bicyclic) bond motifs is 1. The summed E-state index contributed by atoms with van der Waals surface area (Å²) in [6.45, 7) is 7.45. The SMILES string of the molecule is Cc1sc2nc(CN3CCCC3)nc(Sc3nnnn3C3CCCC3)c2c1C. The van der Waals surface area contributed by atoms with Gasteiger partial charge in [0.05, 0.1) is 12.6 Å². The standard InChI is InChI=1S/C19H25N7S2/c1-12-13(2)27-17-16(12)18(21-15(20-17)11-25-9-5-6-10-25)28-19-22-23-24-26(19)14-7-3-4-8-14/h14H,3-11H2,1-2H3. The lowest BCUT2D eigenvalue weighted by Gasteiger charge is -2.14. The molecule has 0 radical (unpaired) electrons. The van der Waals surface area contributed by atoms with Gasteiger partial charge < -0.3 is 0 Å². The zero-order valence-corrected chi connectivity index (χ0v) is 18.0. The van der Waals surface area contributed by atoms with Crippen LogP contribution in [0.15, 0.2) is 10.2 Å². The number of rotatable bonds is 5. The van der Waals surface area contributed by atoms with Gasteiger partial charge in [-0.2, -0.15) is 0 Å². The summed E-state index contributed by atoms with van der Waals surface area (Å²) in [6, 6.07) is 0.421. The first-order valence-corrected chi connectivity index (χ1v) is 11.8. The molecule has 5 rings (SSSR count). The lowest BCUT2D eigenvalue weighted by Crippen LogP contribution is -2.20. The number of thiophene rings is 1. The van der Waals surface area contributed by atoms with Crippen molar-refractivity contribution in [1.29, 1.82) is 0 Å². The van der Waals surface area contributed by atoms with Crippen molar-refractivity contribution in [2.75, 3.05) is 13.1 Å². The van der Waals surface area contributed by atoms with E-state index in [9.17, 15) is 0 Å². The number of hydrogen-bond donors (Lipinski definition) is 0. The Labute approximate surface area is 172 Å². The first-order chi connectivity index (χ1) is 13.7. The molecule has 2 fully saturated rings. The van der Waals surface area contributed by atoms with E-state index >= 15 is 0 Å². The molecule has 1 aliphatic carbocycles. The fourth-order valence-electron chi connectivity index (χ4n) is 4.26. The molecule has 28 heavy (non-hydrogen) atoms. The maximum Gasteiger partial charge on any atom is 0.215 e. The average molecular weight is 416 g/mol. The average Bonchev–Trinajstić information content (AvgIpc) is 3.45. The van der Waals surface area contributed by atoms with E-state index < -0.39 is 0 Å². The number of aryl methyl sites for hydroxylation is 2. The van der Waals surface area contributed by atoms with Crippen molar-refractivity contribution in [3.8, 4) is 0 Å². The predicted octanol–water partition coefficient (Wildman–Crippen LogP) is 4.16. The summed E-state index contributed by atoms with van der Waals surface area (Å²) >= 11 is 3.37. The normalized spacial score (nSPS) is 18.6. The van der Waals surface area contributed by atoms with E-state index in [1.54, 1.807) is 23.1 Å². The first-order valence-electron chi connectivity index (χ1n) is 10.1. The summed E-state index contributed by atoms with van der Waals surface area (Å²) in [5, 5.41) is 15.6. The zero-order valence-electron chi connectivity index (χ0n) is 16.4. The Morgan fingerprint density at radius 2 is 1.86 bits per heavy atom. The van der Waals surface area contributed by atoms with Crippen molar-refractivity contribution in [2.24, 2.45) is 0 Å². The van der Waals surface area contributed by atoms with Crippen LogP contribution in [-0.2, 0) is 6.54 Å². The summed E-state index contributed by atoms with van der Waals surface area (Å²) in [7, 11) is 0. The Morgan fingerprint density at radius 1 is 1.07 bits per heavy atom. The highest BCUT2D eigenvalue weighted by atomic mass is 32.2. The number of hydrogen-bond acceptors (Lipinski definition) is 8. The van der Waals surface area contributed by atoms with Crippen LogP contribution in [0.2, 0.25) is 0 Å². The zero-order chi connectivity index (χ0) is 19.1. The fraction of sp³-hybridized carbons (Fsp3) is 0.632. The molecule has 0 aromatic carbocycles. The predicted molar refractivity (Wildman–Crippen MR) is 111 cm³/mol. The van der Waals surface area contributed by atoms with Gasteiger partial charge in [-0.25, -0.2) is 14.6 Å². The highest BCUT2D eigenvalue weighted by Gasteiger charge is 2.24. The third kappa shape index (κ3) is 3.44. The van der Waals surface area contributed by atoms with E-state index in [-0.39, 0.29) is 0 Å². The van der Waals surface area contributed by atoms with Crippen LogP contribution in [0.3, 0.4) is 0 Å². The Balaban J connectivity index is 1.52. The van der Waals surface area contributed by atoms with Crippen molar-refractivity contribution < 1.29 is 0 Å². The van der Waals surface area contributed by atoms with Gasteiger partial charge in [-0.15, -0.1) is 16.4 Å². The molecule has 9 heteroatoms. The second-order valence-corrected chi connectivity index (χ2v) is 10.00. The number of nitrogens with zero attached hydrogens (tertiary/aromatic N) is 7. The van der Waals surface area contributed by atoms with Crippen molar-refractivity contribution >= 4 is 33.3 Å². The summed E-state index contributed by atoms with van der Waals surface area (Å²) in [6.07, 6.45) is 7.39. The second kappa shape index (κ2) is 7.68. The molecule has 0 amide bonds.